The lowest BCUT2D eigenvalue weighted by Gasteiger charge is -2.20. The van der Waals surface area contributed by atoms with Gasteiger partial charge in [0.2, 0.25) is 11.9 Å². The summed E-state index contributed by atoms with van der Waals surface area (Å²) in [6.45, 7) is 2.86. The molecule has 3 heterocycles. The minimum atomic E-state index is -0.281. The molecule has 0 radical (unpaired) electrons. The first-order chi connectivity index (χ1) is 15.9. The zero-order chi connectivity index (χ0) is 23.5. The molecule has 0 aliphatic carbocycles. The van der Waals surface area contributed by atoms with Gasteiger partial charge in [0.15, 0.2) is 0 Å². The van der Waals surface area contributed by atoms with Gasteiger partial charge in [-0.15, -0.1) is 0 Å². The number of methoxy groups -OCH3 is 1. The van der Waals surface area contributed by atoms with Crippen molar-refractivity contribution in [2.75, 3.05) is 39.2 Å². The summed E-state index contributed by atoms with van der Waals surface area (Å²) in [6.07, 6.45) is 2.62. The van der Waals surface area contributed by atoms with E-state index in [1.165, 1.54) is 10.7 Å². The van der Waals surface area contributed by atoms with Gasteiger partial charge in [-0.2, -0.15) is 5.10 Å². The first-order valence-corrected chi connectivity index (χ1v) is 10.9. The molecule has 0 N–H and O–H groups in total. The first kappa shape index (κ1) is 22.4. The van der Waals surface area contributed by atoms with Crippen molar-refractivity contribution >= 4 is 11.9 Å². The summed E-state index contributed by atoms with van der Waals surface area (Å²) in [5.74, 6) is 1.31. The lowest BCUT2D eigenvalue weighted by Crippen LogP contribution is -2.36. The van der Waals surface area contributed by atoms with E-state index >= 15 is 0 Å². The summed E-state index contributed by atoms with van der Waals surface area (Å²) in [5.41, 5.74) is 3.21. The van der Waals surface area contributed by atoms with Crippen molar-refractivity contribution in [1.29, 1.82) is 0 Å². The predicted molar refractivity (Wildman–Crippen MR) is 126 cm³/mol. The zero-order valence-corrected chi connectivity index (χ0v) is 19.4. The van der Waals surface area contributed by atoms with E-state index in [4.69, 9.17) is 9.72 Å². The van der Waals surface area contributed by atoms with E-state index in [0.29, 0.717) is 24.7 Å². The largest absolute Gasteiger partial charge is 0.497 e. The molecule has 33 heavy (non-hydrogen) atoms. The molecule has 2 aromatic heterocycles. The Balaban J connectivity index is 1.60. The Morgan fingerprint density at radius 2 is 2.06 bits per heavy atom. The number of ether oxygens (including phenoxy) is 1. The highest BCUT2D eigenvalue weighted by molar-refractivity contribution is 5.76. The summed E-state index contributed by atoms with van der Waals surface area (Å²) in [7, 11) is 5.45. The Labute approximate surface area is 192 Å². The van der Waals surface area contributed by atoms with Crippen LogP contribution in [0.1, 0.15) is 23.7 Å². The quantitative estimate of drug-likeness (QED) is 0.570. The molecular formula is C24H28N6O3. The van der Waals surface area contributed by atoms with Crippen LogP contribution < -0.4 is 15.2 Å². The highest BCUT2D eigenvalue weighted by atomic mass is 16.5. The van der Waals surface area contributed by atoms with E-state index in [0.717, 1.165) is 29.0 Å². The predicted octanol–water partition coefficient (Wildman–Crippen LogP) is 2.10. The number of nitrogens with zero attached hydrogens (tertiary/aromatic N) is 6. The third kappa shape index (κ3) is 4.87. The Morgan fingerprint density at radius 1 is 1.24 bits per heavy atom. The number of rotatable bonds is 6. The molecule has 0 saturated carbocycles. The summed E-state index contributed by atoms with van der Waals surface area (Å²) in [5, 5.41) is 4.18. The van der Waals surface area contributed by atoms with Gasteiger partial charge in [0.1, 0.15) is 12.3 Å². The third-order valence-corrected chi connectivity index (χ3v) is 5.80. The molecule has 1 aliphatic rings. The lowest BCUT2D eigenvalue weighted by atomic mass is 9.96. The summed E-state index contributed by atoms with van der Waals surface area (Å²) in [6, 6.07) is 10.9. The molecule has 0 spiro atoms. The van der Waals surface area contributed by atoms with Crippen molar-refractivity contribution in [1.82, 2.24) is 24.6 Å². The number of aryl methyl sites for hydroxylation is 1. The SMILES string of the molecule is COc1cccc(-c2cnc(N(C)C)nc2[C@H]2CCN(C(=O)Cn3nc(C)ccc3=O)C2)c1. The van der Waals surface area contributed by atoms with E-state index < -0.39 is 0 Å². The number of carbonyl (C=O) groups is 1. The van der Waals surface area contributed by atoms with Crippen LogP contribution >= 0.6 is 0 Å². The molecule has 1 amide bonds. The Hall–Kier alpha value is -3.75. The van der Waals surface area contributed by atoms with Crippen LogP contribution in [0, 0.1) is 6.92 Å². The maximum Gasteiger partial charge on any atom is 0.267 e. The average Bonchev–Trinajstić information content (AvgIpc) is 3.31. The van der Waals surface area contributed by atoms with Crippen LogP contribution in [0.3, 0.4) is 0 Å². The smallest absolute Gasteiger partial charge is 0.267 e. The van der Waals surface area contributed by atoms with Crippen LogP contribution in [0.2, 0.25) is 0 Å². The minimum Gasteiger partial charge on any atom is -0.497 e. The Morgan fingerprint density at radius 3 is 2.82 bits per heavy atom. The van der Waals surface area contributed by atoms with Gasteiger partial charge in [0, 0.05) is 50.9 Å². The Bertz CT molecular complexity index is 1220. The number of benzene rings is 1. The molecule has 0 unspecified atom stereocenters. The summed E-state index contributed by atoms with van der Waals surface area (Å²) in [4.78, 5) is 38.0. The average molecular weight is 449 g/mol. The molecule has 0 bridgehead atoms. The van der Waals surface area contributed by atoms with Crippen molar-refractivity contribution in [3.8, 4) is 16.9 Å². The minimum absolute atomic E-state index is 0.0547. The lowest BCUT2D eigenvalue weighted by molar-refractivity contribution is -0.131. The number of amides is 1. The molecular weight excluding hydrogens is 420 g/mol. The summed E-state index contributed by atoms with van der Waals surface area (Å²) >= 11 is 0. The van der Waals surface area contributed by atoms with E-state index in [-0.39, 0.29) is 23.9 Å². The van der Waals surface area contributed by atoms with Gasteiger partial charge in [-0.05, 0) is 37.1 Å². The molecule has 9 nitrogen and oxygen atoms in total. The maximum absolute atomic E-state index is 12.9. The van der Waals surface area contributed by atoms with E-state index in [2.05, 4.69) is 10.1 Å². The second kappa shape index (κ2) is 9.40. The second-order valence-electron chi connectivity index (χ2n) is 8.39. The van der Waals surface area contributed by atoms with Gasteiger partial charge in [0.05, 0.1) is 18.5 Å². The van der Waals surface area contributed by atoms with Gasteiger partial charge >= 0.3 is 0 Å². The number of hydrogen-bond acceptors (Lipinski definition) is 7. The highest BCUT2D eigenvalue weighted by Gasteiger charge is 2.31. The zero-order valence-electron chi connectivity index (χ0n) is 19.4. The number of anilines is 1. The van der Waals surface area contributed by atoms with Gasteiger partial charge in [-0.3, -0.25) is 9.59 Å². The van der Waals surface area contributed by atoms with Crippen LogP contribution in [0.4, 0.5) is 5.95 Å². The van der Waals surface area contributed by atoms with E-state index in [9.17, 15) is 9.59 Å². The van der Waals surface area contributed by atoms with E-state index in [1.54, 1.807) is 25.0 Å². The maximum atomic E-state index is 12.9. The first-order valence-electron chi connectivity index (χ1n) is 10.9. The molecule has 1 fully saturated rings. The molecule has 1 aliphatic heterocycles. The van der Waals surface area contributed by atoms with Crippen LogP contribution in [-0.2, 0) is 11.3 Å². The van der Waals surface area contributed by atoms with Gasteiger partial charge in [0.25, 0.3) is 5.56 Å². The van der Waals surface area contributed by atoms with Crippen LogP contribution in [0.5, 0.6) is 5.75 Å². The fourth-order valence-electron chi connectivity index (χ4n) is 4.03. The van der Waals surface area contributed by atoms with Gasteiger partial charge < -0.3 is 14.5 Å². The monoisotopic (exact) mass is 448 g/mol. The van der Waals surface area contributed by atoms with Crippen molar-refractivity contribution in [2.24, 2.45) is 0 Å². The molecule has 1 atom stereocenters. The fourth-order valence-corrected chi connectivity index (χ4v) is 4.03. The van der Waals surface area contributed by atoms with Crippen LogP contribution in [0.15, 0.2) is 47.4 Å². The number of carbonyl (C=O) groups excluding carboxylic acids is 1. The molecule has 172 valence electrons. The normalized spacial score (nSPS) is 15.5. The number of hydrogen-bond donors (Lipinski definition) is 0. The second-order valence-corrected chi connectivity index (χ2v) is 8.39. The molecule has 9 heteroatoms. The summed E-state index contributed by atoms with van der Waals surface area (Å²) < 4.78 is 6.61. The van der Waals surface area contributed by atoms with E-state index in [1.807, 2.05) is 49.5 Å². The van der Waals surface area contributed by atoms with Crippen molar-refractivity contribution < 1.29 is 9.53 Å². The third-order valence-electron chi connectivity index (χ3n) is 5.80. The number of likely N-dealkylation sites (tertiary alicyclic amines) is 1. The molecule has 1 saturated heterocycles. The standard InChI is InChI=1S/C24H28N6O3/c1-16-8-9-21(31)30(27-16)15-22(32)29-11-10-18(14-29)23-20(13-25-24(26-23)28(2)3)17-6-5-7-19(12-17)33-4/h5-9,12-13,18H,10-11,14-15H2,1-4H3/t18-/m0/s1. The van der Waals surface area contributed by atoms with Crippen molar-refractivity contribution in [3.63, 3.8) is 0 Å². The molecule has 4 rings (SSSR count). The van der Waals surface area contributed by atoms with Crippen molar-refractivity contribution in [2.45, 2.75) is 25.8 Å². The fraction of sp³-hybridized carbons (Fsp3) is 0.375. The molecule has 3 aromatic rings. The topological polar surface area (TPSA) is 93.4 Å². The van der Waals surface area contributed by atoms with Crippen LogP contribution in [0.25, 0.3) is 11.1 Å². The van der Waals surface area contributed by atoms with Crippen molar-refractivity contribution in [3.05, 3.63) is 64.3 Å². The van der Waals surface area contributed by atoms with Gasteiger partial charge in [-0.1, -0.05) is 12.1 Å². The highest BCUT2D eigenvalue weighted by Crippen LogP contribution is 2.35. The number of aromatic nitrogens is 4. The molecule has 1 aromatic carbocycles. The van der Waals surface area contributed by atoms with Gasteiger partial charge in [-0.25, -0.2) is 14.6 Å². The Kier molecular flexibility index (Phi) is 6.39. The van der Waals surface area contributed by atoms with Crippen LogP contribution in [-0.4, -0.2) is 64.9 Å².